The van der Waals surface area contributed by atoms with Crippen LogP contribution in [0.1, 0.15) is 142 Å². The first-order valence-corrected chi connectivity index (χ1v) is 17.4. The second kappa shape index (κ2) is 26.2. The van der Waals surface area contributed by atoms with E-state index in [2.05, 4.69) is 12.2 Å². The molecule has 7 atom stereocenters. The topological polar surface area (TPSA) is 149 Å². The van der Waals surface area contributed by atoms with Crippen LogP contribution in [0.4, 0.5) is 0 Å². The van der Waals surface area contributed by atoms with E-state index in [1.54, 1.807) is 6.08 Å². The Bertz CT molecular complexity index is 691. The van der Waals surface area contributed by atoms with E-state index < -0.39 is 49.5 Å². The fourth-order valence-electron chi connectivity index (χ4n) is 5.49. The maximum Gasteiger partial charge on any atom is 0.220 e. The Labute approximate surface area is 261 Å². The maximum atomic E-state index is 12.2. The summed E-state index contributed by atoms with van der Waals surface area (Å²) in [5.74, 6) is -0.231. The van der Waals surface area contributed by atoms with Crippen molar-refractivity contribution in [3.63, 3.8) is 0 Å². The Morgan fingerprint density at radius 3 is 1.77 bits per heavy atom. The van der Waals surface area contributed by atoms with Gasteiger partial charge < -0.3 is 40.3 Å². The van der Waals surface area contributed by atoms with Gasteiger partial charge in [-0.25, -0.2) is 0 Å². The molecule has 0 aromatic carbocycles. The zero-order valence-electron chi connectivity index (χ0n) is 27.2. The predicted molar refractivity (Wildman–Crippen MR) is 170 cm³/mol. The summed E-state index contributed by atoms with van der Waals surface area (Å²) in [6, 6.07) is -0.793. The highest BCUT2D eigenvalue weighted by atomic mass is 16.7. The van der Waals surface area contributed by atoms with Crippen LogP contribution in [0, 0.1) is 0 Å². The van der Waals surface area contributed by atoms with E-state index in [0.29, 0.717) is 12.8 Å². The van der Waals surface area contributed by atoms with Gasteiger partial charge in [-0.1, -0.05) is 129 Å². The van der Waals surface area contributed by atoms with Crippen LogP contribution < -0.4 is 5.32 Å². The first-order valence-electron chi connectivity index (χ1n) is 17.4. The highest BCUT2D eigenvalue weighted by Crippen LogP contribution is 2.22. The van der Waals surface area contributed by atoms with Crippen molar-refractivity contribution >= 4 is 5.91 Å². The van der Waals surface area contributed by atoms with Crippen LogP contribution in [0.2, 0.25) is 0 Å². The van der Waals surface area contributed by atoms with E-state index in [1.807, 2.05) is 13.0 Å². The molecule has 0 aliphatic carbocycles. The van der Waals surface area contributed by atoms with Crippen molar-refractivity contribution in [3.8, 4) is 0 Å². The van der Waals surface area contributed by atoms with Gasteiger partial charge in [-0.05, 0) is 19.3 Å². The minimum absolute atomic E-state index is 0.192. The summed E-state index contributed by atoms with van der Waals surface area (Å²) in [5, 5.41) is 53.0. The van der Waals surface area contributed by atoms with E-state index in [0.717, 1.165) is 19.3 Å². The number of rotatable bonds is 27. The van der Waals surface area contributed by atoms with E-state index >= 15 is 0 Å². The SMILES string of the molecule is CCCCCCCCCCCCCCCCCCC/C=C/C(O)C(COC1OC(CO)C(O)C(O)C1O)NC(=O)CCC. The van der Waals surface area contributed by atoms with Crippen LogP contribution in [-0.4, -0.2) is 87.5 Å². The van der Waals surface area contributed by atoms with Gasteiger partial charge in [-0.15, -0.1) is 0 Å². The Hall–Kier alpha value is -1.07. The first kappa shape index (κ1) is 40.0. The fourth-order valence-corrected chi connectivity index (χ4v) is 5.49. The number of carbonyl (C=O) groups is 1. The minimum Gasteiger partial charge on any atom is -0.394 e. The van der Waals surface area contributed by atoms with Gasteiger partial charge in [0.1, 0.15) is 24.4 Å². The Balaban J connectivity index is 2.21. The van der Waals surface area contributed by atoms with Crippen LogP contribution in [0.5, 0.6) is 0 Å². The molecule has 1 fully saturated rings. The number of hydrogen-bond donors (Lipinski definition) is 6. The van der Waals surface area contributed by atoms with Crippen LogP contribution >= 0.6 is 0 Å². The normalized spacial score (nSPS) is 23.9. The molecule has 1 saturated heterocycles. The highest BCUT2D eigenvalue weighted by Gasteiger charge is 2.44. The van der Waals surface area contributed by atoms with Crippen molar-refractivity contribution in [3.05, 3.63) is 12.2 Å². The standard InChI is InChI=1S/C34H65NO8/c1-3-5-6-7-8-9-10-11-12-13-14-15-16-17-18-19-20-21-22-24-28(37)27(35-30(38)23-4-2)26-42-34-33(41)32(40)31(39)29(25-36)43-34/h22,24,27-29,31-34,36-37,39-41H,3-21,23,25-26H2,1-2H3,(H,35,38)/b24-22+. The number of allylic oxidation sites excluding steroid dienone is 1. The van der Waals surface area contributed by atoms with E-state index in [-0.39, 0.29) is 12.5 Å². The zero-order chi connectivity index (χ0) is 31.7. The number of hydrogen-bond acceptors (Lipinski definition) is 8. The Kier molecular flexibility index (Phi) is 24.3. The minimum atomic E-state index is -1.56. The summed E-state index contributed by atoms with van der Waals surface area (Å²) in [6.07, 6.45) is 19.9. The number of aliphatic hydroxyl groups is 5. The molecule has 6 N–H and O–H groups in total. The molecule has 7 unspecified atom stereocenters. The van der Waals surface area contributed by atoms with Crippen LogP contribution in [0.25, 0.3) is 0 Å². The van der Waals surface area contributed by atoms with E-state index in [4.69, 9.17) is 9.47 Å². The number of aliphatic hydroxyl groups excluding tert-OH is 5. The van der Waals surface area contributed by atoms with Crippen molar-refractivity contribution in [1.82, 2.24) is 5.32 Å². The molecular weight excluding hydrogens is 550 g/mol. The second-order valence-corrected chi connectivity index (χ2v) is 12.3. The number of amides is 1. The van der Waals surface area contributed by atoms with Gasteiger partial charge in [0.25, 0.3) is 0 Å². The third-order valence-electron chi connectivity index (χ3n) is 8.33. The number of ether oxygens (including phenoxy) is 2. The number of unbranched alkanes of at least 4 members (excludes halogenated alkanes) is 17. The summed E-state index contributed by atoms with van der Waals surface area (Å²) in [4.78, 5) is 12.2. The molecule has 1 amide bonds. The molecule has 1 aliphatic rings. The average molecular weight is 616 g/mol. The first-order chi connectivity index (χ1) is 20.8. The lowest BCUT2D eigenvalue weighted by molar-refractivity contribution is -0.302. The molecule has 254 valence electrons. The van der Waals surface area contributed by atoms with Crippen molar-refractivity contribution in [2.45, 2.75) is 185 Å². The second-order valence-electron chi connectivity index (χ2n) is 12.3. The van der Waals surface area contributed by atoms with E-state index in [9.17, 15) is 30.3 Å². The average Bonchev–Trinajstić information content (AvgIpc) is 3.00. The number of carbonyl (C=O) groups excluding carboxylic acids is 1. The van der Waals surface area contributed by atoms with E-state index in [1.165, 1.54) is 96.3 Å². The summed E-state index contributed by atoms with van der Waals surface area (Å²) < 4.78 is 11.0. The largest absolute Gasteiger partial charge is 0.394 e. The molecular formula is C34H65NO8. The zero-order valence-corrected chi connectivity index (χ0v) is 27.2. The van der Waals surface area contributed by atoms with Gasteiger partial charge in [0.2, 0.25) is 5.91 Å². The lowest BCUT2D eigenvalue weighted by Crippen LogP contribution is -2.60. The molecule has 9 heteroatoms. The highest BCUT2D eigenvalue weighted by molar-refractivity contribution is 5.76. The van der Waals surface area contributed by atoms with Crippen molar-refractivity contribution in [2.24, 2.45) is 0 Å². The van der Waals surface area contributed by atoms with Gasteiger partial charge in [-0.3, -0.25) is 4.79 Å². The molecule has 0 radical (unpaired) electrons. The molecule has 1 rings (SSSR count). The Morgan fingerprint density at radius 1 is 0.767 bits per heavy atom. The molecule has 43 heavy (non-hydrogen) atoms. The van der Waals surface area contributed by atoms with Gasteiger partial charge in [0, 0.05) is 6.42 Å². The molecule has 9 nitrogen and oxygen atoms in total. The van der Waals surface area contributed by atoms with Gasteiger partial charge in [0.15, 0.2) is 6.29 Å². The Morgan fingerprint density at radius 2 is 1.28 bits per heavy atom. The summed E-state index contributed by atoms with van der Waals surface area (Å²) >= 11 is 0. The molecule has 0 bridgehead atoms. The summed E-state index contributed by atoms with van der Waals surface area (Å²) in [6.45, 7) is 3.40. The third-order valence-corrected chi connectivity index (χ3v) is 8.33. The molecule has 1 heterocycles. The third kappa shape index (κ3) is 18.5. The molecule has 0 saturated carbocycles. The molecule has 0 aromatic rings. The maximum absolute atomic E-state index is 12.2. The van der Waals surface area contributed by atoms with Crippen molar-refractivity contribution < 1.29 is 39.8 Å². The lowest BCUT2D eigenvalue weighted by atomic mass is 9.99. The molecule has 0 aromatic heterocycles. The van der Waals surface area contributed by atoms with Gasteiger partial charge >= 0.3 is 0 Å². The molecule has 1 aliphatic heterocycles. The van der Waals surface area contributed by atoms with Crippen molar-refractivity contribution in [1.29, 1.82) is 0 Å². The monoisotopic (exact) mass is 615 g/mol. The lowest BCUT2D eigenvalue weighted by Gasteiger charge is -2.40. The van der Waals surface area contributed by atoms with Crippen molar-refractivity contribution in [2.75, 3.05) is 13.2 Å². The molecule has 0 spiro atoms. The summed E-state index contributed by atoms with van der Waals surface area (Å²) in [5.41, 5.74) is 0. The predicted octanol–water partition coefficient (Wildman–Crippen LogP) is 5.05. The van der Waals surface area contributed by atoms with Crippen LogP contribution in [0.15, 0.2) is 12.2 Å². The quantitative estimate of drug-likeness (QED) is 0.0556. The van der Waals surface area contributed by atoms with Gasteiger partial charge in [0.05, 0.1) is 25.4 Å². The van der Waals surface area contributed by atoms with Gasteiger partial charge in [-0.2, -0.15) is 0 Å². The summed E-state index contributed by atoms with van der Waals surface area (Å²) in [7, 11) is 0. The smallest absolute Gasteiger partial charge is 0.220 e. The van der Waals surface area contributed by atoms with Crippen LogP contribution in [0.3, 0.4) is 0 Å². The number of nitrogens with one attached hydrogen (secondary N) is 1. The fraction of sp³-hybridized carbons (Fsp3) is 0.912. The van der Waals surface area contributed by atoms with Crippen LogP contribution in [-0.2, 0) is 14.3 Å².